The number of aliphatic carboxylic acids is 1. The van der Waals surface area contributed by atoms with E-state index in [9.17, 15) is 9.18 Å². The third-order valence-corrected chi connectivity index (χ3v) is 2.05. The van der Waals surface area contributed by atoms with Crippen molar-refractivity contribution >= 4 is 12.0 Å². The molecule has 86 valence electrons. The molecule has 0 heterocycles. The zero-order valence-electron chi connectivity index (χ0n) is 8.43. The summed E-state index contributed by atoms with van der Waals surface area (Å²) in [5, 5.41) is 17.4. The summed E-state index contributed by atoms with van der Waals surface area (Å²) in [7, 11) is 0. The second-order valence-electron chi connectivity index (χ2n) is 3.23. The summed E-state index contributed by atoms with van der Waals surface area (Å²) >= 11 is 0. The summed E-state index contributed by atoms with van der Waals surface area (Å²) in [6.45, 7) is -0.336. The Labute approximate surface area is 91.8 Å². The van der Waals surface area contributed by atoms with Crippen molar-refractivity contribution in [2.45, 2.75) is 6.04 Å². The van der Waals surface area contributed by atoms with Crippen LogP contribution in [0.25, 0.3) is 6.08 Å². The molecule has 0 radical (unpaired) electrons. The van der Waals surface area contributed by atoms with E-state index in [1.807, 2.05) is 0 Å². The van der Waals surface area contributed by atoms with Crippen molar-refractivity contribution < 1.29 is 19.4 Å². The average Bonchev–Trinajstić information content (AvgIpc) is 2.26. The molecule has 0 saturated carbocycles. The van der Waals surface area contributed by atoms with Crippen molar-refractivity contribution in [2.75, 3.05) is 6.61 Å². The number of aliphatic hydroxyl groups is 1. The molecule has 1 atom stereocenters. The lowest BCUT2D eigenvalue weighted by Crippen LogP contribution is -2.16. The fourth-order valence-electron chi connectivity index (χ4n) is 1.28. The molecule has 4 N–H and O–H groups in total. The highest BCUT2D eigenvalue weighted by Gasteiger charge is 2.09. The van der Waals surface area contributed by atoms with Crippen molar-refractivity contribution in [3.05, 3.63) is 41.2 Å². The van der Waals surface area contributed by atoms with Gasteiger partial charge in [-0.1, -0.05) is 6.07 Å². The molecule has 0 bridgehead atoms. The fourth-order valence-corrected chi connectivity index (χ4v) is 1.28. The van der Waals surface area contributed by atoms with E-state index in [0.717, 1.165) is 6.08 Å². The van der Waals surface area contributed by atoms with Crippen LogP contribution in [0.5, 0.6) is 0 Å². The molecule has 1 rings (SSSR count). The molecular weight excluding hydrogens is 213 g/mol. The molecule has 0 aliphatic rings. The number of benzene rings is 1. The van der Waals surface area contributed by atoms with Crippen LogP contribution in [0.1, 0.15) is 17.2 Å². The maximum Gasteiger partial charge on any atom is 0.328 e. The Morgan fingerprint density at radius 1 is 1.56 bits per heavy atom. The lowest BCUT2D eigenvalue weighted by atomic mass is 10.0. The van der Waals surface area contributed by atoms with Crippen LogP contribution in [-0.4, -0.2) is 22.8 Å². The number of hydrogen-bond donors (Lipinski definition) is 3. The first-order chi connectivity index (χ1) is 7.54. The molecule has 0 saturated heterocycles. The molecule has 0 unspecified atom stereocenters. The highest BCUT2D eigenvalue weighted by molar-refractivity contribution is 5.85. The third-order valence-electron chi connectivity index (χ3n) is 2.05. The van der Waals surface area contributed by atoms with Crippen LogP contribution < -0.4 is 5.73 Å². The van der Waals surface area contributed by atoms with E-state index in [0.29, 0.717) is 11.1 Å². The summed E-state index contributed by atoms with van der Waals surface area (Å²) in [4.78, 5) is 10.3. The SMILES string of the molecule is N[C@@H](CO)c1cc(F)ccc1/C=C/C(=O)O. The summed E-state index contributed by atoms with van der Waals surface area (Å²) in [6.07, 6.45) is 2.24. The smallest absolute Gasteiger partial charge is 0.328 e. The number of nitrogens with two attached hydrogens (primary N) is 1. The molecular formula is C11H12FNO3. The Hall–Kier alpha value is -1.72. The molecule has 16 heavy (non-hydrogen) atoms. The normalized spacial score (nSPS) is 12.9. The predicted molar refractivity (Wildman–Crippen MR) is 57.1 cm³/mol. The number of halogens is 1. The van der Waals surface area contributed by atoms with Gasteiger partial charge >= 0.3 is 5.97 Å². The maximum atomic E-state index is 13.0. The van der Waals surface area contributed by atoms with Gasteiger partial charge in [0.05, 0.1) is 12.6 Å². The number of aliphatic hydroxyl groups excluding tert-OH is 1. The molecule has 0 spiro atoms. The van der Waals surface area contributed by atoms with Crippen LogP contribution in [0.4, 0.5) is 4.39 Å². The maximum absolute atomic E-state index is 13.0. The zero-order chi connectivity index (χ0) is 12.1. The van der Waals surface area contributed by atoms with E-state index in [1.54, 1.807) is 0 Å². The van der Waals surface area contributed by atoms with Gasteiger partial charge in [0.15, 0.2) is 0 Å². The molecule has 5 heteroatoms. The number of carbonyl (C=O) groups is 1. The standard InChI is InChI=1S/C11H12FNO3/c12-8-3-1-7(2-4-11(15)16)9(5-8)10(13)6-14/h1-5,10,14H,6,13H2,(H,15,16)/b4-2+/t10-/m0/s1. The summed E-state index contributed by atoms with van der Waals surface area (Å²) in [5.41, 5.74) is 6.42. The molecule has 4 nitrogen and oxygen atoms in total. The number of carboxylic acid groups (broad SMARTS) is 1. The van der Waals surface area contributed by atoms with E-state index in [4.69, 9.17) is 15.9 Å². The largest absolute Gasteiger partial charge is 0.478 e. The Bertz CT molecular complexity index is 418. The summed E-state index contributed by atoms with van der Waals surface area (Å²) < 4.78 is 13.0. The van der Waals surface area contributed by atoms with Gasteiger partial charge in [-0.2, -0.15) is 0 Å². The van der Waals surface area contributed by atoms with Crippen molar-refractivity contribution in [2.24, 2.45) is 5.73 Å². The third kappa shape index (κ3) is 3.15. The Morgan fingerprint density at radius 3 is 2.81 bits per heavy atom. The molecule has 0 aromatic heterocycles. The average molecular weight is 225 g/mol. The van der Waals surface area contributed by atoms with Crippen LogP contribution in [-0.2, 0) is 4.79 Å². The highest BCUT2D eigenvalue weighted by Crippen LogP contribution is 2.19. The topological polar surface area (TPSA) is 83.5 Å². The van der Waals surface area contributed by atoms with Gasteiger partial charge in [0.2, 0.25) is 0 Å². The Balaban J connectivity index is 3.12. The minimum atomic E-state index is -1.10. The first-order valence-corrected chi connectivity index (χ1v) is 4.61. The van der Waals surface area contributed by atoms with Gasteiger partial charge in [0, 0.05) is 6.08 Å². The van der Waals surface area contributed by atoms with Gasteiger partial charge in [0.1, 0.15) is 5.82 Å². The van der Waals surface area contributed by atoms with E-state index < -0.39 is 17.8 Å². The van der Waals surface area contributed by atoms with Gasteiger partial charge in [-0.3, -0.25) is 0 Å². The first kappa shape index (κ1) is 12.4. The monoisotopic (exact) mass is 225 g/mol. The lowest BCUT2D eigenvalue weighted by Gasteiger charge is -2.12. The van der Waals surface area contributed by atoms with Crippen LogP contribution in [0, 0.1) is 5.82 Å². The van der Waals surface area contributed by atoms with Crippen molar-refractivity contribution in [3.63, 3.8) is 0 Å². The molecule has 0 amide bonds. The molecule has 1 aromatic rings. The van der Waals surface area contributed by atoms with E-state index >= 15 is 0 Å². The minimum Gasteiger partial charge on any atom is -0.478 e. The van der Waals surface area contributed by atoms with Gasteiger partial charge in [0.25, 0.3) is 0 Å². The molecule has 1 aromatic carbocycles. The highest BCUT2D eigenvalue weighted by atomic mass is 19.1. The van der Waals surface area contributed by atoms with E-state index in [-0.39, 0.29) is 6.61 Å². The van der Waals surface area contributed by atoms with Crippen molar-refractivity contribution in [1.29, 1.82) is 0 Å². The van der Waals surface area contributed by atoms with Crippen LogP contribution in [0.3, 0.4) is 0 Å². The quantitative estimate of drug-likeness (QED) is 0.665. The minimum absolute atomic E-state index is 0.336. The van der Waals surface area contributed by atoms with Crippen molar-refractivity contribution in [1.82, 2.24) is 0 Å². The van der Waals surface area contributed by atoms with Gasteiger partial charge < -0.3 is 15.9 Å². The van der Waals surface area contributed by atoms with Crippen LogP contribution in [0.15, 0.2) is 24.3 Å². The Morgan fingerprint density at radius 2 is 2.25 bits per heavy atom. The van der Waals surface area contributed by atoms with E-state index in [2.05, 4.69) is 0 Å². The van der Waals surface area contributed by atoms with Gasteiger partial charge in [-0.25, -0.2) is 9.18 Å². The fraction of sp³-hybridized carbons (Fsp3) is 0.182. The van der Waals surface area contributed by atoms with Crippen molar-refractivity contribution in [3.8, 4) is 0 Å². The number of rotatable bonds is 4. The zero-order valence-corrected chi connectivity index (χ0v) is 8.43. The summed E-state index contributed by atoms with van der Waals surface area (Å²) in [5.74, 6) is -1.58. The van der Waals surface area contributed by atoms with E-state index in [1.165, 1.54) is 24.3 Å². The van der Waals surface area contributed by atoms with Gasteiger partial charge in [-0.15, -0.1) is 0 Å². The molecule has 0 fully saturated rings. The van der Waals surface area contributed by atoms with Crippen LogP contribution in [0.2, 0.25) is 0 Å². The lowest BCUT2D eigenvalue weighted by molar-refractivity contribution is -0.131. The molecule has 0 aliphatic heterocycles. The number of carboxylic acids is 1. The molecule has 0 aliphatic carbocycles. The van der Waals surface area contributed by atoms with Gasteiger partial charge in [-0.05, 0) is 29.3 Å². The first-order valence-electron chi connectivity index (χ1n) is 4.61. The predicted octanol–water partition coefficient (Wildman–Crippen LogP) is 0.916. The second kappa shape index (κ2) is 5.39. The number of hydrogen-bond acceptors (Lipinski definition) is 3. The second-order valence-corrected chi connectivity index (χ2v) is 3.23. The van der Waals surface area contributed by atoms with Crippen LogP contribution >= 0.6 is 0 Å². The summed E-state index contributed by atoms with van der Waals surface area (Å²) in [6, 6.07) is 3.07. The Kier molecular flexibility index (Phi) is 4.16.